The van der Waals surface area contributed by atoms with Gasteiger partial charge >= 0.3 is 5.97 Å². The third-order valence-electron chi connectivity index (χ3n) is 6.95. The first kappa shape index (κ1) is 23.2. The van der Waals surface area contributed by atoms with Gasteiger partial charge in [0.15, 0.2) is 11.6 Å². The highest BCUT2D eigenvalue weighted by Crippen LogP contribution is 2.39. The lowest BCUT2D eigenvalue weighted by molar-refractivity contribution is -0.137. The summed E-state index contributed by atoms with van der Waals surface area (Å²) in [5.41, 5.74) is 2.93. The van der Waals surface area contributed by atoms with Crippen LogP contribution < -0.4 is 10.1 Å². The van der Waals surface area contributed by atoms with Gasteiger partial charge in [0, 0.05) is 24.6 Å². The largest absolute Gasteiger partial charge is 0.494 e. The molecule has 1 fully saturated rings. The molecule has 7 heteroatoms. The summed E-state index contributed by atoms with van der Waals surface area (Å²) in [7, 11) is 1.38. The first-order valence-electron chi connectivity index (χ1n) is 11.7. The van der Waals surface area contributed by atoms with Gasteiger partial charge in [-0.25, -0.2) is 9.37 Å². The normalized spacial score (nSPS) is 20.2. The molecule has 0 spiro atoms. The Balaban J connectivity index is 1.28. The maximum atomic E-state index is 14.1. The summed E-state index contributed by atoms with van der Waals surface area (Å²) < 4.78 is 19.0. The molecule has 6 nitrogen and oxygen atoms in total. The first-order chi connectivity index (χ1) is 15.9. The number of rotatable bonds is 10. The lowest BCUT2D eigenvalue weighted by atomic mass is 9.69. The molecule has 0 radical (unpaired) electrons. The number of hydrogen-bond donors (Lipinski definition) is 2. The summed E-state index contributed by atoms with van der Waals surface area (Å²) in [4.78, 5) is 28.8. The van der Waals surface area contributed by atoms with Crippen LogP contribution in [0, 0.1) is 17.7 Å². The third-order valence-corrected chi connectivity index (χ3v) is 6.95. The fourth-order valence-electron chi connectivity index (χ4n) is 5.00. The molecular formula is C26H31FN2O4. The zero-order valence-corrected chi connectivity index (χ0v) is 19.0. The molecule has 176 valence electrons. The van der Waals surface area contributed by atoms with Gasteiger partial charge in [-0.15, -0.1) is 0 Å². The zero-order chi connectivity index (χ0) is 23.4. The quantitative estimate of drug-likeness (QED) is 0.538. The second-order valence-electron chi connectivity index (χ2n) is 9.27. The number of carboxylic acids is 1. The molecule has 33 heavy (non-hydrogen) atoms. The Hall–Kier alpha value is -2.96. The van der Waals surface area contributed by atoms with Gasteiger partial charge in [-0.3, -0.25) is 9.59 Å². The maximum Gasteiger partial charge on any atom is 0.303 e. The molecule has 1 aromatic carbocycles. The van der Waals surface area contributed by atoms with Gasteiger partial charge in [-0.1, -0.05) is 12.1 Å². The van der Waals surface area contributed by atoms with E-state index in [9.17, 15) is 19.1 Å². The SMILES string of the molecule is COc1ccc(C(CCC(=O)C2CC(Cc3ccc4c(n3)NCCC4)C2)CC(=O)O)cc1F. The van der Waals surface area contributed by atoms with Crippen LogP contribution in [0.15, 0.2) is 30.3 Å². The number of benzene rings is 1. The molecule has 0 bridgehead atoms. The summed E-state index contributed by atoms with van der Waals surface area (Å²) >= 11 is 0. The van der Waals surface area contributed by atoms with E-state index in [0.29, 0.717) is 24.3 Å². The molecule has 0 amide bonds. The standard InChI is InChI=1S/C26H31FN2O4/c1-33-24-9-6-18(14-22(24)27)19(15-25(31)32)5-8-23(30)20-11-16(12-20)13-21-7-4-17-3-2-10-28-26(17)29-21/h4,6-7,9,14,16,19-20H,2-3,5,8,10-13,15H2,1H3,(H,28,29)(H,31,32). The maximum absolute atomic E-state index is 14.1. The predicted octanol–water partition coefficient (Wildman–Crippen LogP) is 4.76. The van der Waals surface area contributed by atoms with E-state index < -0.39 is 17.7 Å². The number of fused-ring (bicyclic) bond motifs is 1. The summed E-state index contributed by atoms with van der Waals surface area (Å²) in [5.74, 6) is -0.101. The number of aryl methyl sites for hydroxylation is 1. The molecule has 1 aliphatic carbocycles. The molecular weight excluding hydrogens is 423 g/mol. The average Bonchev–Trinajstić information content (AvgIpc) is 2.78. The summed E-state index contributed by atoms with van der Waals surface area (Å²) in [6, 6.07) is 8.76. The number of carbonyl (C=O) groups is 2. The van der Waals surface area contributed by atoms with Gasteiger partial charge in [0.25, 0.3) is 0 Å². The van der Waals surface area contributed by atoms with E-state index in [1.54, 1.807) is 6.07 Å². The number of nitrogens with one attached hydrogen (secondary N) is 1. The van der Waals surface area contributed by atoms with Crippen molar-refractivity contribution in [2.24, 2.45) is 11.8 Å². The lowest BCUT2D eigenvalue weighted by Crippen LogP contribution is -2.32. The van der Waals surface area contributed by atoms with Crippen LogP contribution in [0.3, 0.4) is 0 Å². The molecule has 1 aromatic heterocycles. The van der Waals surface area contributed by atoms with Crippen molar-refractivity contribution in [3.8, 4) is 5.75 Å². The van der Waals surface area contributed by atoms with E-state index in [0.717, 1.165) is 50.2 Å². The summed E-state index contributed by atoms with van der Waals surface area (Å²) in [5, 5.41) is 12.6. The van der Waals surface area contributed by atoms with E-state index in [4.69, 9.17) is 9.72 Å². The molecule has 2 aliphatic rings. The van der Waals surface area contributed by atoms with Gasteiger partial charge in [-0.05, 0) is 79.7 Å². The van der Waals surface area contributed by atoms with Crippen molar-refractivity contribution in [3.05, 3.63) is 53.0 Å². The van der Waals surface area contributed by atoms with Crippen molar-refractivity contribution < 1.29 is 23.8 Å². The Morgan fingerprint density at radius 3 is 2.82 bits per heavy atom. The molecule has 1 aliphatic heterocycles. The molecule has 1 atom stereocenters. The topological polar surface area (TPSA) is 88.5 Å². The number of ketones is 1. The minimum atomic E-state index is -0.959. The van der Waals surface area contributed by atoms with Crippen LogP contribution in [0.5, 0.6) is 5.75 Å². The fourth-order valence-corrected chi connectivity index (χ4v) is 5.00. The van der Waals surface area contributed by atoms with Crippen LogP contribution >= 0.6 is 0 Å². The van der Waals surface area contributed by atoms with E-state index in [1.807, 2.05) is 0 Å². The molecule has 2 aromatic rings. The second-order valence-corrected chi connectivity index (χ2v) is 9.27. The van der Waals surface area contributed by atoms with Crippen molar-refractivity contribution in [2.75, 3.05) is 19.0 Å². The molecule has 1 saturated carbocycles. The number of methoxy groups -OCH3 is 1. The number of aliphatic carboxylic acids is 1. The zero-order valence-electron chi connectivity index (χ0n) is 19.0. The van der Waals surface area contributed by atoms with Crippen molar-refractivity contribution in [1.82, 2.24) is 4.98 Å². The average molecular weight is 455 g/mol. The number of ether oxygens (including phenoxy) is 1. The van der Waals surface area contributed by atoms with E-state index in [1.165, 1.54) is 24.8 Å². The van der Waals surface area contributed by atoms with Crippen molar-refractivity contribution in [3.63, 3.8) is 0 Å². The number of Topliss-reactive ketones (excluding diaryl/α,β-unsaturated/α-hetero) is 1. The Kier molecular flexibility index (Phi) is 7.26. The van der Waals surface area contributed by atoms with E-state index in [-0.39, 0.29) is 23.9 Å². The lowest BCUT2D eigenvalue weighted by Gasteiger charge is -2.34. The predicted molar refractivity (Wildman–Crippen MR) is 123 cm³/mol. The number of carboxylic acid groups (broad SMARTS) is 1. The van der Waals surface area contributed by atoms with Crippen LogP contribution in [-0.4, -0.2) is 35.5 Å². The Labute approximate surface area is 193 Å². The van der Waals surface area contributed by atoms with Crippen LogP contribution in [0.25, 0.3) is 0 Å². The van der Waals surface area contributed by atoms with Gasteiger partial charge < -0.3 is 15.2 Å². The Bertz CT molecular complexity index is 1020. The smallest absolute Gasteiger partial charge is 0.303 e. The van der Waals surface area contributed by atoms with Crippen molar-refractivity contribution in [1.29, 1.82) is 0 Å². The van der Waals surface area contributed by atoms with Gasteiger partial charge in [-0.2, -0.15) is 0 Å². The number of halogens is 1. The van der Waals surface area contributed by atoms with E-state index in [2.05, 4.69) is 17.4 Å². The van der Waals surface area contributed by atoms with Crippen molar-refractivity contribution in [2.45, 2.75) is 57.3 Å². The summed E-state index contributed by atoms with van der Waals surface area (Å²) in [6.07, 6.45) is 5.37. The first-order valence-corrected chi connectivity index (χ1v) is 11.7. The molecule has 4 rings (SSSR count). The number of aromatic nitrogens is 1. The Morgan fingerprint density at radius 2 is 2.09 bits per heavy atom. The number of pyridine rings is 1. The molecule has 2 N–H and O–H groups in total. The monoisotopic (exact) mass is 454 g/mol. The van der Waals surface area contributed by atoms with Crippen LogP contribution in [-0.2, 0) is 22.4 Å². The number of carbonyl (C=O) groups excluding carboxylic acids is 1. The number of nitrogens with zero attached hydrogens (tertiary/aromatic N) is 1. The fraction of sp³-hybridized carbons (Fsp3) is 0.500. The van der Waals surface area contributed by atoms with Gasteiger partial charge in [0.1, 0.15) is 11.6 Å². The van der Waals surface area contributed by atoms with E-state index >= 15 is 0 Å². The third kappa shape index (κ3) is 5.70. The van der Waals surface area contributed by atoms with Crippen LogP contribution in [0.4, 0.5) is 10.2 Å². The highest BCUT2D eigenvalue weighted by atomic mass is 19.1. The molecule has 2 heterocycles. The van der Waals surface area contributed by atoms with Gasteiger partial charge in [0.05, 0.1) is 13.5 Å². The minimum absolute atomic E-state index is 0.0313. The number of hydrogen-bond acceptors (Lipinski definition) is 5. The van der Waals surface area contributed by atoms with Crippen LogP contribution in [0.2, 0.25) is 0 Å². The second kappa shape index (κ2) is 10.3. The summed E-state index contributed by atoms with van der Waals surface area (Å²) in [6.45, 7) is 0.968. The van der Waals surface area contributed by atoms with Crippen molar-refractivity contribution >= 4 is 17.6 Å². The van der Waals surface area contributed by atoms with Crippen LogP contribution in [0.1, 0.15) is 61.3 Å². The minimum Gasteiger partial charge on any atom is -0.494 e. The molecule has 0 saturated heterocycles. The Morgan fingerprint density at radius 1 is 1.27 bits per heavy atom. The van der Waals surface area contributed by atoms with Gasteiger partial charge in [0.2, 0.25) is 0 Å². The number of anilines is 1. The molecule has 1 unspecified atom stereocenters. The highest BCUT2D eigenvalue weighted by Gasteiger charge is 2.34. The highest BCUT2D eigenvalue weighted by molar-refractivity contribution is 5.82.